The van der Waals surface area contributed by atoms with Crippen LogP contribution in [0.5, 0.6) is 0 Å². The third-order valence-electron chi connectivity index (χ3n) is 3.90. The van der Waals surface area contributed by atoms with Crippen LogP contribution < -0.4 is 4.72 Å². The van der Waals surface area contributed by atoms with Crippen LogP contribution in [0.15, 0.2) is 77.7 Å². The molecule has 1 atom stereocenters. The van der Waals surface area contributed by atoms with E-state index in [0.717, 1.165) is 12.8 Å². The Balaban J connectivity index is 1.69. The first kappa shape index (κ1) is 15.1. The first-order chi connectivity index (χ1) is 10.9. The van der Waals surface area contributed by atoms with E-state index in [1.165, 1.54) is 21.2 Å². The lowest BCUT2D eigenvalue weighted by Gasteiger charge is -2.17. The van der Waals surface area contributed by atoms with Crippen LogP contribution >= 0.6 is 11.9 Å². The van der Waals surface area contributed by atoms with E-state index in [1.807, 2.05) is 0 Å². The summed E-state index contributed by atoms with van der Waals surface area (Å²) in [5, 5.41) is 2.61. The van der Waals surface area contributed by atoms with Gasteiger partial charge in [0.05, 0.1) is 0 Å². The van der Waals surface area contributed by atoms with Crippen LogP contribution in [0.2, 0.25) is 0 Å². The van der Waals surface area contributed by atoms with Crippen molar-refractivity contribution in [2.24, 2.45) is 0 Å². The van der Waals surface area contributed by atoms with E-state index < -0.39 is 0 Å². The van der Waals surface area contributed by atoms with Gasteiger partial charge in [0.1, 0.15) is 0 Å². The lowest BCUT2D eigenvalue weighted by atomic mass is 10.1. The molecule has 0 saturated carbocycles. The van der Waals surface area contributed by atoms with Gasteiger partial charge in [0, 0.05) is 10.9 Å². The Labute approximate surface area is 136 Å². The Kier molecular flexibility index (Phi) is 5.15. The van der Waals surface area contributed by atoms with Crippen molar-refractivity contribution in [3.63, 3.8) is 0 Å². The molecule has 1 N–H and O–H groups in total. The topological polar surface area (TPSA) is 12.0 Å². The molecule has 0 aliphatic heterocycles. The molecule has 0 aliphatic carbocycles. The largest absolute Gasteiger partial charge is 0.256 e. The van der Waals surface area contributed by atoms with Crippen molar-refractivity contribution in [1.82, 2.24) is 4.72 Å². The molecular formula is C20H21NS. The fourth-order valence-electron chi connectivity index (χ4n) is 2.60. The highest BCUT2D eigenvalue weighted by Crippen LogP contribution is 2.26. The van der Waals surface area contributed by atoms with E-state index in [2.05, 4.69) is 84.4 Å². The summed E-state index contributed by atoms with van der Waals surface area (Å²) in [5.74, 6) is 0. The lowest BCUT2D eigenvalue weighted by molar-refractivity contribution is 0.607. The Hall–Kier alpha value is -1.77. The van der Waals surface area contributed by atoms with Gasteiger partial charge in [-0.3, -0.25) is 4.72 Å². The maximum atomic E-state index is 3.64. The molecular weight excluding hydrogens is 286 g/mol. The van der Waals surface area contributed by atoms with Crippen LogP contribution in [0.4, 0.5) is 0 Å². The van der Waals surface area contributed by atoms with E-state index in [0.29, 0.717) is 6.04 Å². The van der Waals surface area contributed by atoms with E-state index in [9.17, 15) is 0 Å². The summed E-state index contributed by atoms with van der Waals surface area (Å²) in [5.41, 5.74) is 1.39. The Morgan fingerprint density at radius 2 is 1.59 bits per heavy atom. The average Bonchev–Trinajstić information content (AvgIpc) is 2.59. The van der Waals surface area contributed by atoms with Gasteiger partial charge in [0.25, 0.3) is 0 Å². The fourth-order valence-corrected chi connectivity index (χ4v) is 3.59. The van der Waals surface area contributed by atoms with Crippen LogP contribution in [0, 0.1) is 0 Å². The van der Waals surface area contributed by atoms with Gasteiger partial charge >= 0.3 is 0 Å². The van der Waals surface area contributed by atoms with Crippen LogP contribution in [0.1, 0.15) is 18.9 Å². The fraction of sp³-hybridized carbons (Fsp3) is 0.200. The van der Waals surface area contributed by atoms with Gasteiger partial charge in [-0.15, -0.1) is 0 Å². The summed E-state index contributed by atoms with van der Waals surface area (Å²) in [6.07, 6.45) is 2.18. The third kappa shape index (κ3) is 3.70. The van der Waals surface area contributed by atoms with Gasteiger partial charge in [-0.25, -0.2) is 0 Å². The van der Waals surface area contributed by atoms with Crippen molar-refractivity contribution in [3.05, 3.63) is 78.4 Å². The second-order valence-corrected chi connectivity index (χ2v) is 6.37. The Bertz CT molecular complexity index is 719. The van der Waals surface area contributed by atoms with Gasteiger partial charge in [0.15, 0.2) is 0 Å². The monoisotopic (exact) mass is 307 g/mol. The molecule has 0 bridgehead atoms. The molecule has 0 saturated heterocycles. The zero-order chi connectivity index (χ0) is 15.2. The van der Waals surface area contributed by atoms with Gasteiger partial charge in [-0.2, -0.15) is 0 Å². The molecule has 0 heterocycles. The Morgan fingerprint density at radius 3 is 2.41 bits per heavy atom. The quantitative estimate of drug-likeness (QED) is 0.607. The third-order valence-corrected chi connectivity index (χ3v) is 4.93. The van der Waals surface area contributed by atoms with Gasteiger partial charge in [0.2, 0.25) is 0 Å². The first-order valence-electron chi connectivity index (χ1n) is 7.81. The van der Waals surface area contributed by atoms with Crippen LogP contribution in [-0.2, 0) is 6.42 Å². The molecule has 3 aromatic rings. The molecule has 0 spiro atoms. The van der Waals surface area contributed by atoms with E-state index >= 15 is 0 Å². The minimum atomic E-state index is 0.478. The summed E-state index contributed by atoms with van der Waals surface area (Å²) in [7, 11) is 0. The van der Waals surface area contributed by atoms with E-state index in [4.69, 9.17) is 0 Å². The second-order valence-electron chi connectivity index (χ2n) is 5.49. The number of rotatable bonds is 6. The molecule has 1 unspecified atom stereocenters. The molecule has 0 aliphatic rings. The molecule has 22 heavy (non-hydrogen) atoms. The number of fused-ring (bicyclic) bond motifs is 1. The molecule has 0 fully saturated rings. The predicted octanol–water partition coefficient (Wildman–Crippen LogP) is 5.46. The smallest absolute Gasteiger partial charge is 0.0306 e. The summed E-state index contributed by atoms with van der Waals surface area (Å²) in [6.45, 7) is 2.24. The van der Waals surface area contributed by atoms with Crippen molar-refractivity contribution in [1.29, 1.82) is 0 Å². The van der Waals surface area contributed by atoms with Crippen molar-refractivity contribution in [2.75, 3.05) is 0 Å². The van der Waals surface area contributed by atoms with E-state index in [-0.39, 0.29) is 0 Å². The zero-order valence-electron chi connectivity index (χ0n) is 12.8. The van der Waals surface area contributed by atoms with Crippen molar-refractivity contribution in [2.45, 2.75) is 30.7 Å². The number of hydrogen-bond donors (Lipinski definition) is 1. The van der Waals surface area contributed by atoms with E-state index in [1.54, 1.807) is 11.9 Å². The number of nitrogens with one attached hydrogen (secondary N) is 1. The van der Waals surface area contributed by atoms with Crippen LogP contribution in [0.3, 0.4) is 0 Å². The summed E-state index contributed by atoms with van der Waals surface area (Å²) in [6, 6.07) is 26.2. The first-order valence-corrected chi connectivity index (χ1v) is 8.62. The maximum absolute atomic E-state index is 3.64. The van der Waals surface area contributed by atoms with Crippen LogP contribution in [0.25, 0.3) is 10.8 Å². The van der Waals surface area contributed by atoms with Gasteiger partial charge in [-0.1, -0.05) is 73.7 Å². The predicted molar refractivity (Wildman–Crippen MR) is 97.2 cm³/mol. The Morgan fingerprint density at radius 1 is 0.864 bits per heavy atom. The number of benzene rings is 3. The minimum absolute atomic E-state index is 0.478. The SMILES string of the molecule is CCC(Cc1ccccc1)NSc1cccc2ccccc12. The molecule has 1 nitrogen and oxygen atoms in total. The molecule has 0 amide bonds. The second kappa shape index (κ2) is 7.48. The van der Waals surface area contributed by atoms with Crippen LogP contribution in [-0.4, -0.2) is 6.04 Å². The van der Waals surface area contributed by atoms with Crippen molar-refractivity contribution < 1.29 is 0 Å². The maximum Gasteiger partial charge on any atom is 0.0306 e. The standard InChI is InChI=1S/C20H21NS/c1-2-18(15-16-9-4-3-5-10-16)21-22-20-14-8-12-17-11-6-7-13-19(17)20/h3-14,18,21H,2,15H2,1H3. The van der Waals surface area contributed by atoms with Gasteiger partial charge in [-0.05, 0) is 47.2 Å². The summed E-state index contributed by atoms with van der Waals surface area (Å²) < 4.78 is 3.64. The minimum Gasteiger partial charge on any atom is -0.256 e. The molecule has 112 valence electrons. The average molecular weight is 307 g/mol. The summed E-state index contributed by atoms with van der Waals surface area (Å²) >= 11 is 1.75. The molecule has 0 aromatic heterocycles. The normalized spacial score (nSPS) is 12.4. The highest BCUT2D eigenvalue weighted by Gasteiger charge is 2.08. The van der Waals surface area contributed by atoms with Gasteiger partial charge < -0.3 is 0 Å². The van der Waals surface area contributed by atoms with Crippen molar-refractivity contribution >= 4 is 22.7 Å². The highest BCUT2D eigenvalue weighted by atomic mass is 32.2. The zero-order valence-corrected chi connectivity index (χ0v) is 13.6. The molecule has 3 aromatic carbocycles. The lowest BCUT2D eigenvalue weighted by Crippen LogP contribution is -2.24. The van der Waals surface area contributed by atoms with Crippen molar-refractivity contribution in [3.8, 4) is 0 Å². The number of hydrogen-bond acceptors (Lipinski definition) is 2. The highest BCUT2D eigenvalue weighted by molar-refractivity contribution is 7.97. The molecule has 0 radical (unpaired) electrons. The molecule has 2 heteroatoms. The molecule has 3 rings (SSSR count). The summed E-state index contributed by atoms with van der Waals surface area (Å²) in [4.78, 5) is 1.30.